The van der Waals surface area contributed by atoms with Crippen molar-refractivity contribution in [3.8, 4) is 16.9 Å². The minimum Gasteiger partial charge on any atom is -0.507 e. The molecule has 2 aromatic rings. The van der Waals surface area contributed by atoms with Crippen LogP contribution >= 0.6 is 0 Å². The van der Waals surface area contributed by atoms with Crippen molar-refractivity contribution in [1.82, 2.24) is 9.78 Å². The van der Waals surface area contributed by atoms with E-state index in [1.165, 1.54) is 12.3 Å². The Morgan fingerprint density at radius 3 is 2.55 bits per heavy atom. The van der Waals surface area contributed by atoms with E-state index in [2.05, 4.69) is 5.10 Å². The molecule has 0 saturated carbocycles. The van der Waals surface area contributed by atoms with E-state index in [4.69, 9.17) is 0 Å². The van der Waals surface area contributed by atoms with Crippen LogP contribution in [0.1, 0.15) is 19.4 Å². The first kappa shape index (κ1) is 14.4. The van der Waals surface area contributed by atoms with Gasteiger partial charge in [-0.3, -0.25) is 4.68 Å². The van der Waals surface area contributed by atoms with Gasteiger partial charge in [0.2, 0.25) is 0 Å². The Morgan fingerprint density at radius 2 is 2.00 bits per heavy atom. The molecule has 1 heterocycles. The molecule has 0 bridgehead atoms. The van der Waals surface area contributed by atoms with Crippen LogP contribution in [0.4, 0.5) is 13.2 Å². The molecule has 0 unspecified atom stereocenters. The van der Waals surface area contributed by atoms with E-state index < -0.39 is 17.5 Å². The summed E-state index contributed by atoms with van der Waals surface area (Å²) >= 11 is 0. The third-order valence-electron chi connectivity index (χ3n) is 2.82. The molecule has 20 heavy (non-hydrogen) atoms. The normalized spacial score (nSPS) is 12.1. The minimum absolute atomic E-state index is 0.341. The SMILES string of the molecule is CC(C)Cn1cc(-c2ccc(C(F)(F)F)cc2O)cn1. The van der Waals surface area contributed by atoms with Gasteiger partial charge < -0.3 is 5.11 Å². The molecule has 0 amide bonds. The third kappa shape index (κ3) is 3.12. The molecule has 1 aromatic carbocycles. The number of phenols is 1. The van der Waals surface area contributed by atoms with Crippen molar-refractivity contribution >= 4 is 0 Å². The summed E-state index contributed by atoms with van der Waals surface area (Å²) in [7, 11) is 0. The smallest absolute Gasteiger partial charge is 0.416 e. The van der Waals surface area contributed by atoms with Crippen LogP contribution in [0.2, 0.25) is 0 Å². The second-order valence-corrected chi connectivity index (χ2v) is 5.07. The highest BCUT2D eigenvalue weighted by molar-refractivity contribution is 5.69. The molecule has 6 heteroatoms. The number of rotatable bonds is 3. The van der Waals surface area contributed by atoms with Gasteiger partial charge in [-0.1, -0.05) is 13.8 Å². The predicted molar refractivity (Wildman–Crippen MR) is 69.2 cm³/mol. The number of aromatic nitrogens is 2. The quantitative estimate of drug-likeness (QED) is 0.927. The molecule has 0 fully saturated rings. The fourth-order valence-electron chi connectivity index (χ4n) is 1.93. The van der Waals surface area contributed by atoms with Crippen LogP contribution in [0, 0.1) is 5.92 Å². The van der Waals surface area contributed by atoms with E-state index >= 15 is 0 Å². The summed E-state index contributed by atoms with van der Waals surface area (Å²) in [6.45, 7) is 4.79. The largest absolute Gasteiger partial charge is 0.507 e. The summed E-state index contributed by atoms with van der Waals surface area (Å²) < 4.78 is 39.3. The zero-order chi connectivity index (χ0) is 14.9. The van der Waals surface area contributed by atoms with Gasteiger partial charge in [0.25, 0.3) is 0 Å². The lowest BCUT2D eigenvalue weighted by Crippen LogP contribution is -2.04. The van der Waals surface area contributed by atoms with Crippen molar-refractivity contribution in [3.05, 3.63) is 36.2 Å². The van der Waals surface area contributed by atoms with E-state index in [0.717, 1.165) is 12.1 Å². The van der Waals surface area contributed by atoms with Gasteiger partial charge in [-0.15, -0.1) is 0 Å². The van der Waals surface area contributed by atoms with Gasteiger partial charge >= 0.3 is 6.18 Å². The summed E-state index contributed by atoms with van der Waals surface area (Å²) in [6.07, 6.45) is -1.22. The van der Waals surface area contributed by atoms with Crippen molar-refractivity contribution in [2.24, 2.45) is 5.92 Å². The molecule has 0 spiro atoms. The Morgan fingerprint density at radius 1 is 1.30 bits per heavy atom. The molecule has 2 rings (SSSR count). The number of aromatic hydroxyl groups is 1. The van der Waals surface area contributed by atoms with Gasteiger partial charge in [0.1, 0.15) is 5.75 Å². The maximum Gasteiger partial charge on any atom is 0.416 e. The second-order valence-electron chi connectivity index (χ2n) is 5.07. The Labute approximate surface area is 114 Å². The molecule has 108 valence electrons. The van der Waals surface area contributed by atoms with Gasteiger partial charge in [0.05, 0.1) is 11.8 Å². The molecule has 1 aromatic heterocycles. The molecular weight excluding hydrogens is 269 g/mol. The Bertz CT molecular complexity index is 603. The van der Waals surface area contributed by atoms with E-state index in [1.54, 1.807) is 10.9 Å². The molecule has 1 N–H and O–H groups in total. The van der Waals surface area contributed by atoms with Gasteiger partial charge in [-0.2, -0.15) is 18.3 Å². The van der Waals surface area contributed by atoms with Gasteiger partial charge in [0, 0.05) is 23.9 Å². The second kappa shape index (κ2) is 5.19. The molecule has 0 saturated heterocycles. The summed E-state index contributed by atoms with van der Waals surface area (Å²) in [5, 5.41) is 13.9. The summed E-state index contributed by atoms with van der Waals surface area (Å²) in [4.78, 5) is 0. The highest BCUT2D eigenvalue weighted by Crippen LogP contribution is 2.36. The monoisotopic (exact) mass is 284 g/mol. The van der Waals surface area contributed by atoms with Gasteiger partial charge in [-0.25, -0.2) is 0 Å². The van der Waals surface area contributed by atoms with E-state index in [1.807, 2.05) is 13.8 Å². The number of hydrogen-bond acceptors (Lipinski definition) is 2. The van der Waals surface area contributed by atoms with Crippen LogP contribution in [0.15, 0.2) is 30.6 Å². The molecule has 3 nitrogen and oxygen atoms in total. The Kier molecular flexibility index (Phi) is 3.74. The standard InChI is InChI=1S/C14H15F3N2O/c1-9(2)7-19-8-10(6-18-19)12-4-3-11(5-13(12)20)14(15,16)17/h3-6,8-9,20H,7H2,1-2H3. The number of alkyl halides is 3. The zero-order valence-corrected chi connectivity index (χ0v) is 11.1. The number of hydrogen-bond donors (Lipinski definition) is 1. The summed E-state index contributed by atoms with van der Waals surface area (Å²) in [5.41, 5.74) is 0.0678. The molecule has 0 aliphatic rings. The topological polar surface area (TPSA) is 38.0 Å². The first-order valence-electron chi connectivity index (χ1n) is 6.20. The van der Waals surface area contributed by atoms with Crippen molar-refractivity contribution in [3.63, 3.8) is 0 Å². The van der Waals surface area contributed by atoms with Crippen LogP contribution in [0.3, 0.4) is 0 Å². The lowest BCUT2D eigenvalue weighted by Gasteiger charge is -2.09. The van der Waals surface area contributed by atoms with Crippen LogP contribution in [-0.2, 0) is 12.7 Å². The number of phenolic OH excluding ortho intramolecular Hbond substituents is 1. The summed E-state index contributed by atoms with van der Waals surface area (Å²) in [6, 6.07) is 2.94. The predicted octanol–water partition coefficient (Wildman–Crippen LogP) is 3.93. The van der Waals surface area contributed by atoms with Crippen LogP contribution in [-0.4, -0.2) is 14.9 Å². The van der Waals surface area contributed by atoms with Gasteiger partial charge in [0.15, 0.2) is 0 Å². The van der Waals surface area contributed by atoms with Crippen LogP contribution in [0.5, 0.6) is 5.75 Å². The highest BCUT2D eigenvalue weighted by Gasteiger charge is 2.31. The minimum atomic E-state index is -4.46. The number of nitrogens with zero attached hydrogens (tertiary/aromatic N) is 2. The van der Waals surface area contributed by atoms with Crippen LogP contribution < -0.4 is 0 Å². The Balaban J connectivity index is 2.31. The average Bonchev–Trinajstić information content (AvgIpc) is 2.75. The zero-order valence-electron chi connectivity index (χ0n) is 11.1. The summed E-state index contributed by atoms with van der Waals surface area (Å²) in [5.74, 6) is 0.00729. The molecule has 0 aliphatic heterocycles. The fraction of sp³-hybridized carbons (Fsp3) is 0.357. The Hall–Kier alpha value is -1.98. The maximum absolute atomic E-state index is 12.5. The number of halogens is 3. The fourth-order valence-corrected chi connectivity index (χ4v) is 1.93. The van der Waals surface area contributed by atoms with Gasteiger partial charge in [-0.05, 0) is 24.1 Å². The average molecular weight is 284 g/mol. The first-order valence-corrected chi connectivity index (χ1v) is 6.20. The van der Waals surface area contributed by atoms with E-state index in [0.29, 0.717) is 23.6 Å². The lowest BCUT2D eigenvalue weighted by molar-refractivity contribution is -0.137. The van der Waals surface area contributed by atoms with Crippen molar-refractivity contribution in [2.75, 3.05) is 0 Å². The molecule has 0 atom stereocenters. The first-order chi connectivity index (χ1) is 9.27. The van der Waals surface area contributed by atoms with Crippen molar-refractivity contribution in [2.45, 2.75) is 26.6 Å². The van der Waals surface area contributed by atoms with Crippen molar-refractivity contribution in [1.29, 1.82) is 0 Å². The van der Waals surface area contributed by atoms with E-state index in [-0.39, 0.29) is 0 Å². The molecular formula is C14H15F3N2O. The van der Waals surface area contributed by atoms with Crippen LogP contribution in [0.25, 0.3) is 11.1 Å². The lowest BCUT2D eigenvalue weighted by atomic mass is 10.1. The number of benzene rings is 1. The molecule has 0 radical (unpaired) electrons. The third-order valence-corrected chi connectivity index (χ3v) is 2.82. The highest BCUT2D eigenvalue weighted by atomic mass is 19.4. The maximum atomic E-state index is 12.5. The van der Waals surface area contributed by atoms with Crippen molar-refractivity contribution < 1.29 is 18.3 Å². The molecule has 0 aliphatic carbocycles. The van der Waals surface area contributed by atoms with E-state index in [9.17, 15) is 18.3 Å².